The summed E-state index contributed by atoms with van der Waals surface area (Å²) >= 11 is 0. The number of anilines is 1. The number of sulfonamides is 1. The van der Waals surface area contributed by atoms with E-state index in [-0.39, 0.29) is 18.5 Å². The van der Waals surface area contributed by atoms with Gasteiger partial charge in [0, 0.05) is 5.56 Å². The quantitative estimate of drug-likeness (QED) is 0.725. The van der Waals surface area contributed by atoms with E-state index < -0.39 is 10.0 Å². The SMILES string of the molecule is C=CCN(c1ccc(C(=O)N[C@H](C)c2ccc3c(c2)CCC3)cc1)S(C)(=O)=O. The molecular formula is C22H26N2O3S. The molecule has 0 fully saturated rings. The van der Waals surface area contributed by atoms with Crippen LogP contribution in [-0.4, -0.2) is 27.1 Å². The molecule has 0 spiro atoms. The number of hydrogen-bond donors (Lipinski definition) is 1. The number of amides is 1. The molecule has 0 saturated carbocycles. The minimum Gasteiger partial charge on any atom is -0.346 e. The molecule has 2 aromatic rings. The number of nitrogens with zero attached hydrogens (tertiary/aromatic N) is 1. The van der Waals surface area contributed by atoms with Gasteiger partial charge in [0.2, 0.25) is 10.0 Å². The van der Waals surface area contributed by atoms with Gasteiger partial charge in [0.15, 0.2) is 0 Å². The standard InChI is InChI=1S/C22H26N2O3S/c1-4-14-24(28(3,26)27)21-12-10-18(11-13-21)22(25)23-16(2)19-9-8-17-6-5-7-20(17)15-19/h4,8-13,15-16H,1,5-7,14H2,2-3H3,(H,23,25)/t16-/m1/s1. The molecule has 0 radical (unpaired) electrons. The van der Waals surface area contributed by atoms with Gasteiger partial charge in [0.1, 0.15) is 0 Å². The van der Waals surface area contributed by atoms with Crippen molar-refractivity contribution in [1.29, 1.82) is 0 Å². The summed E-state index contributed by atoms with van der Waals surface area (Å²) in [6, 6.07) is 12.9. The Labute approximate surface area is 167 Å². The van der Waals surface area contributed by atoms with E-state index in [4.69, 9.17) is 0 Å². The second kappa shape index (κ2) is 8.19. The monoisotopic (exact) mass is 398 g/mol. The second-order valence-electron chi connectivity index (χ2n) is 7.21. The molecule has 6 heteroatoms. The average Bonchev–Trinajstić information content (AvgIpc) is 3.13. The molecule has 1 amide bonds. The molecule has 0 aromatic heterocycles. The first-order valence-electron chi connectivity index (χ1n) is 9.41. The molecule has 0 unspecified atom stereocenters. The van der Waals surface area contributed by atoms with Gasteiger partial charge in [0.25, 0.3) is 5.91 Å². The van der Waals surface area contributed by atoms with E-state index in [1.807, 2.05) is 6.92 Å². The Hall–Kier alpha value is -2.60. The number of fused-ring (bicyclic) bond motifs is 1. The third-order valence-electron chi connectivity index (χ3n) is 5.08. The van der Waals surface area contributed by atoms with Crippen LogP contribution in [0.4, 0.5) is 5.69 Å². The van der Waals surface area contributed by atoms with Gasteiger partial charge in [-0.2, -0.15) is 0 Å². The maximum absolute atomic E-state index is 12.6. The van der Waals surface area contributed by atoms with E-state index in [9.17, 15) is 13.2 Å². The number of rotatable bonds is 7. The summed E-state index contributed by atoms with van der Waals surface area (Å²) in [6.45, 7) is 5.75. The Bertz CT molecular complexity index is 981. The van der Waals surface area contributed by atoms with Gasteiger partial charge < -0.3 is 5.32 Å². The summed E-state index contributed by atoms with van der Waals surface area (Å²) in [5.41, 5.74) is 4.88. The highest BCUT2D eigenvalue weighted by atomic mass is 32.2. The molecule has 1 N–H and O–H groups in total. The van der Waals surface area contributed by atoms with Crippen LogP contribution in [0.3, 0.4) is 0 Å². The van der Waals surface area contributed by atoms with Gasteiger partial charge >= 0.3 is 0 Å². The molecule has 1 atom stereocenters. The summed E-state index contributed by atoms with van der Waals surface area (Å²) in [5.74, 6) is -0.186. The van der Waals surface area contributed by atoms with Crippen molar-refractivity contribution < 1.29 is 13.2 Å². The smallest absolute Gasteiger partial charge is 0.251 e. The van der Waals surface area contributed by atoms with Gasteiger partial charge in [0.05, 0.1) is 24.5 Å². The highest BCUT2D eigenvalue weighted by Gasteiger charge is 2.18. The van der Waals surface area contributed by atoms with Crippen molar-refractivity contribution in [3.8, 4) is 0 Å². The Kier molecular flexibility index (Phi) is 5.89. The van der Waals surface area contributed by atoms with Gasteiger partial charge in [-0.25, -0.2) is 8.42 Å². The first-order valence-corrected chi connectivity index (χ1v) is 11.3. The maximum Gasteiger partial charge on any atom is 0.251 e. The third kappa shape index (κ3) is 4.44. The minimum atomic E-state index is -3.41. The van der Waals surface area contributed by atoms with Crippen LogP contribution in [0.25, 0.3) is 0 Å². The number of nitrogens with one attached hydrogen (secondary N) is 1. The van der Waals surface area contributed by atoms with E-state index in [0.29, 0.717) is 11.3 Å². The topological polar surface area (TPSA) is 66.5 Å². The van der Waals surface area contributed by atoms with Crippen molar-refractivity contribution in [3.63, 3.8) is 0 Å². The largest absolute Gasteiger partial charge is 0.346 e. The molecule has 1 aliphatic rings. The molecular weight excluding hydrogens is 372 g/mol. The lowest BCUT2D eigenvalue weighted by Crippen LogP contribution is -2.30. The van der Waals surface area contributed by atoms with E-state index in [1.165, 1.54) is 27.9 Å². The van der Waals surface area contributed by atoms with Crippen LogP contribution in [0.5, 0.6) is 0 Å². The molecule has 0 bridgehead atoms. The van der Waals surface area contributed by atoms with Crippen LogP contribution < -0.4 is 9.62 Å². The van der Waals surface area contributed by atoms with E-state index in [2.05, 4.69) is 30.1 Å². The van der Waals surface area contributed by atoms with E-state index in [0.717, 1.165) is 24.7 Å². The van der Waals surface area contributed by atoms with Crippen molar-refractivity contribution in [2.75, 3.05) is 17.1 Å². The van der Waals surface area contributed by atoms with Gasteiger partial charge in [-0.3, -0.25) is 9.10 Å². The van der Waals surface area contributed by atoms with Crippen LogP contribution in [0.15, 0.2) is 55.1 Å². The Morgan fingerprint density at radius 3 is 2.50 bits per heavy atom. The van der Waals surface area contributed by atoms with Crippen molar-refractivity contribution >= 4 is 21.6 Å². The molecule has 28 heavy (non-hydrogen) atoms. The molecule has 5 nitrogen and oxygen atoms in total. The predicted molar refractivity (Wildman–Crippen MR) is 113 cm³/mol. The fraction of sp³-hybridized carbons (Fsp3) is 0.318. The third-order valence-corrected chi connectivity index (χ3v) is 6.24. The molecule has 0 saturated heterocycles. The van der Waals surface area contributed by atoms with Crippen LogP contribution >= 0.6 is 0 Å². The molecule has 3 rings (SSSR count). The lowest BCUT2D eigenvalue weighted by Gasteiger charge is -2.21. The summed E-state index contributed by atoms with van der Waals surface area (Å²) in [6.07, 6.45) is 6.11. The van der Waals surface area contributed by atoms with Crippen LogP contribution in [0.2, 0.25) is 0 Å². The number of carbonyl (C=O) groups is 1. The summed E-state index contributed by atoms with van der Waals surface area (Å²) in [4.78, 5) is 12.6. The van der Waals surface area contributed by atoms with Crippen molar-refractivity contribution in [3.05, 3.63) is 77.4 Å². The normalized spacial score (nSPS) is 14.2. The Balaban J connectivity index is 1.71. The van der Waals surface area contributed by atoms with Crippen molar-refractivity contribution in [2.45, 2.75) is 32.2 Å². The lowest BCUT2D eigenvalue weighted by molar-refractivity contribution is 0.0940. The van der Waals surface area contributed by atoms with Crippen LogP contribution in [0.1, 0.15) is 46.4 Å². The van der Waals surface area contributed by atoms with Crippen molar-refractivity contribution in [2.24, 2.45) is 0 Å². The lowest BCUT2D eigenvalue weighted by atomic mass is 10.0. The van der Waals surface area contributed by atoms with E-state index in [1.54, 1.807) is 24.3 Å². The summed E-state index contributed by atoms with van der Waals surface area (Å²) in [5, 5.41) is 3.02. The number of benzene rings is 2. The zero-order chi connectivity index (χ0) is 20.3. The van der Waals surface area contributed by atoms with Crippen LogP contribution in [-0.2, 0) is 22.9 Å². The van der Waals surface area contributed by atoms with Gasteiger partial charge in [-0.1, -0.05) is 24.3 Å². The van der Waals surface area contributed by atoms with E-state index >= 15 is 0 Å². The Morgan fingerprint density at radius 1 is 1.18 bits per heavy atom. The number of hydrogen-bond acceptors (Lipinski definition) is 3. The first kappa shape index (κ1) is 20.1. The molecule has 1 aliphatic carbocycles. The zero-order valence-electron chi connectivity index (χ0n) is 16.3. The molecule has 0 heterocycles. The fourth-order valence-electron chi connectivity index (χ4n) is 3.55. The molecule has 0 aliphatic heterocycles. The highest BCUT2D eigenvalue weighted by Crippen LogP contribution is 2.25. The summed E-state index contributed by atoms with van der Waals surface area (Å²) in [7, 11) is -3.41. The second-order valence-corrected chi connectivity index (χ2v) is 9.11. The zero-order valence-corrected chi connectivity index (χ0v) is 17.1. The highest BCUT2D eigenvalue weighted by molar-refractivity contribution is 7.92. The van der Waals surface area contributed by atoms with Gasteiger partial charge in [-0.05, 0) is 67.1 Å². The summed E-state index contributed by atoms with van der Waals surface area (Å²) < 4.78 is 25.1. The minimum absolute atomic E-state index is 0.105. The number of carbonyl (C=O) groups excluding carboxylic acids is 1. The van der Waals surface area contributed by atoms with Gasteiger partial charge in [-0.15, -0.1) is 6.58 Å². The Morgan fingerprint density at radius 2 is 1.86 bits per heavy atom. The average molecular weight is 399 g/mol. The van der Waals surface area contributed by atoms with Crippen molar-refractivity contribution in [1.82, 2.24) is 5.32 Å². The van der Waals surface area contributed by atoms with Crippen LogP contribution in [0, 0.1) is 0 Å². The maximum atomic E-state index is 12.6. The molecule has 2 aromatic carbocycles. The molecule has 148 valence electrons. The fourth-order valence-corrected chi connectivity index (χ4v) is 4.43. The first-order chi connectivity index (χ1) is 13.3. The predicted octanol–water partition coefficient (Wildman–Crippen LogP) is 3.62. The number of aryl methyl sites for hydroxylation is 2.